The Kier molecular flexibility index (Phi) is 20.2. The molecule has 218 valence electrons. The Morgan fingerprint density at radius 1 is 0.595 bits per heavy atom. The Morgan fingerprint density at radius 2 is 0.730 bits per heavy atom. The number of aliphatic carboxylic acids is 2. The first-order valence-electron chi connectivity index (χ1n) is 10.4. The molecule has 0 rings (SSSR count). The van der Waals surface area contributed by atoms with Crippen molar-refractivity contribution < 1.29 is 87.7 Å². The molecule has 0 aromatic rings. The van der Waals surface area contributed by atoms with E-state index in [2.05, 4.69) is 0 Å². The van der Waals surface area contributed by atoms with Gasteiger partial charge in [-0.05, 0) is 68.2 Å². The number of carboxylic acids is 2. The van der Waals surface area contributed by atoms with Crippen LogP contribution in [0.4, 0.5) is 26.3 Å². The number of rotatable bonds is 6. The second-order valence-corrected chi connectivity index (χ2v) is 9.54. The maximum Gasteiger partial charge on any atom is 2.00 e. The summed E-state index contributed by atoms with van der Waals surface area (Å²) in [4.78, 5) is 41.9. The zero-order chi connectivity index (χ0) is 30.7. The third-order valence-electron chi connectivity index (χ3n) is 3.93. The van der Waals surface area contributed by atoms with Crippen LogP contribution in [0.1, 0.15) is 82.1 Å². The number of carbonyl (C=O) groups excluding carboxylic acids is 4. The van der Waals surface area contributed by atoms with Gasteiger partial charge < -0.3 is 30.0 Å². The Hall–Kier alpha value is -1.51. The van der Waals surface area contributed by atoms with Gasteiger partial charge in [0, 0.05) is 0 Å². The maximum absolute atomic E-state index is 12.2. The molecule has 0 aliphatic carbocycles. The molecule has 0 heterocycles. The van der Waals surface area contributed by atoms with Crippen LogP contribution in [0.5, 0.6) is 0 Å². The molecular formula is C22H36F6O8Ti. The predicted octanol–water partition coefficient (Wildman–Crippen LogP) is 2.12. The largest absolute Gasteiger partial charge is 2.00 e. The minimum Gasteiger partial charge on any atom is -0.549 e. The summed E-state index contributed by atoms with van der Waals surface area (Å²) in [7, 11) is 0. The van der Waals surface area contributed by atoms with E-state index in [9.17, 15) is 55.7 Å². The number of hydrogen-bond donors (Lipinski definition) is 2. The number of alkyl halides is 6. The van der Waals surface area contributed by atoms with Crippen molar-refractivity contribution in [3.8, 4) is 0 Å². The molecule has 0 fully saturated rings. The zero-order valence-corrected chi connectivity index (χ0v) is 24.1. The van der Waals surface area contributed by atoms with Crippen LogP contribution in [0.3, 0.4) is 0 Å². The van der Waals surface area contributed by atoms with Crippen molar-refractivity contribution in [1.82, 2.24) is 0 Å². The van der Waals surface area contributed by atoms with Gasteiger partial charge >= 0.3 is 34.1 Å². The summed E-state index contributed by atoms with van der Waals surface area (Å²) in [6, 6.07) is 0. The molecule has 0 aromatic heterocycles. The third kappa shape index (κ3) is 16.8. The van der Waals surface area contributed by atoms with E-state index in [1.54, 1.807) is 41.5 Å². The number of Topliss-reactive ketones (excluding diaryl/α,β-unsaturated/α-hetero) is 2. The number of hydrogen-bond acceptors (Lipinski definition) is 8. The first-order chi connectivity index (χ1) is 15.4. The minimum atomic E-state index is -5.10. The molecule has 0 radical (unpaired) electrons. The van der Waals surface area contributed by atoms with Gasteiger partial charge in [-0.25, -0.2) is 0 Å². The average molecular weight is 590 g/mol. The van der Waals surface area contributed by atoms with E-state index in [0.717, 1.165) is 13.8 Å². The van der Waals surface area contributed by atoms with Gasteiger partial charge in [0.2, 0.25) is 0 Å². The molecule has 2 N–H and O–H groups in total. The quantitative estimate of drug-likeness (QED) is 0.271. The molecule has 0 bridgehead atoms. The van der Waals surface area contributed by atoms with E-state index in [4.69, 9.17) is 10.2 Å². The van der Waals surface area contributed by atoms with Gasteiger partial charge in [-0.15, -0.1) is 0 Å². The smallest absolute Gasteiger partial charge is 0.549 e. The van der Waals surface area contributed by atoms with E-state index in [1.165, 1.54) is 0 Å². The van der Waals surface area contributed by atoms with E-state index in [-0.39, 0.29) is 21.7 Å². The number of carboxylic acid groups (broad SMARTS) is 2. The van der Waals surface area contributed by atoms with E-state index < -0.39 is 70.7 Å². The first kappa shape index (κ1) is 45.4. The van der Waals surface area contributed by atoms with Crippen LogP contribution in [0, 0.1) is 10.8 Å². The Morgan fingerprint density at radius 3 is 0.730 bits per heavy atom. The van der Waals surface area contributed by atoms with Gasteiger partial charge in [0.15, 0.2) is 22.4 Å². The van der Waals surface area contributed by atoms with Crippen LogP contribution in [-0.4, -0.2) is 57.3 Å². The Balaban J connectivity index is -0.000000133. The number of halogens is 6. The van der Waals surface area contributed by atoms with Crippen molar-refractivity contribution >= 4 is 23.5 Å². The van der Waals surface area contributed by atoms with Crippen molar-refractivity contribution in [2.75, 3.05) is 0 Å². The van der Waals surface area contributed by atoms with Crippen LogP contribution in [0.25, 0.3) is 0 Å². The van der Waals surface area contributed by atoms with Gasteiger partial charge in [0.25, 0.3) is 0 Å². The number of ketones is 2. The van der Waals surface area contributed by atoms with Gasteiger partial charge in [0.05, 0.1) is 23.1 Å². The monoisotopic (exact) mass is 590 g/mol. The summed E-state index contributed by atoms with van der Waals surface area (Å²) in [5.41, 5.74) is -7.71. The SMILES string of the molecule is CC(C)(C)O.CC(C)(C)O.CCC(C(C)=O)(C(=O)[O-])C(F)(F)F.CCC(C(C)=O)(C(=O)[O-])C(F)(F)F.[Ti+2]. The van der Waals surface area contributed by atoms with Crippen molar-refractivity contribution in [1.29, 1.82) is 0 Å². The Bertz CT molecular complexity index is 633. The molecule has 37 heavy (non-hydrogen) atoms. The molecule has 0 aliphatic heterocycles. The molecule has 0 amide bonds. The summed E-state index contributed by atoms with van der Waals surface area (Å²) in [6.07, 6.45) is -11.9. The van der Waals surface area contributed by atoms with Crippen molar-refractivity contribution in [3.63, 3.8) is 0 Å². The molecule has 0 aromatic carbocycles. The van der Waals surface area contributed by atoms with Gasteiger partial charge in [0.1, 0.15) is 0 Å². The summed E-state index contributed by atoms with van der Waals surface area (Å²) in [6.45, 7) is 13.6. The van der Waals surface area contributed by atoms with Gasteiger partial charge in [-0.3, -0.25) is 9.59 Å². The fourth-order valence-corrected chi connectivity index (χ4v) is 2.11. The number of carbonyl (C=O) groups is 4. The van der Waals surface area contributed by atoms with Crippen LogP contribution in [-0.2, 0) is 40.9 Å². The topological polar surface area (TPSA) is 155 Å². The molecular weight excluding hydrogens is 554 g/mol. The van der Waals surface area contributed by atoms with Crippen LogP contribution in [0.2, 0.25) is 0 Å². The fourth-order valence-electron chi connectivity index (χ4n) is 2.11. The van der Waals surface area contributed by atoms with Gasteiger partial charge in [-0.1, -0.05) is 13.8 Å². The molecule has 0 saturated heterocycles. The van der Waals surface area contributed by atoms with Crippen molar-refractivity contribution in [2.45, 2.75) is 106 Å². The molecule has 2 unspecified atom stereocenters. The summed E-state index contributed by atoms with van der Waals surface area (Å²) >= 11 is 0. The van der Waals surface area contributed by atoms with E-state index in [0.29, 0.717) is 13.8 Å². The molecule has 0 aliphatic rings. The average Bonchev–Trinajstić information content (AvgIpc) is 2.49. The van der Waals surface area contributed by atoms with Crippen LogP contribution in [0.15, 0.2) is 0 Å². The molecule has 2 atom stereocenters. The first-order valence-corrected chi connectivity index (χ1v) is 10.4. The van der Waals surface area contributed by atoms with Gasteiger partial charge in [-0.2, -0.15) is 26.3 Å². The Labute approximate surface area is 227 Å². The molecule has 0 spiro atoms. The molecule has 8 nitrogen and oxygen atoms in total. The maximum atomic E-state index is 12.2. The number of aliphatic hydroxyl groups is 2. The predicted molar refractivity (Wildman–Crippen MR) is 113 cm³/mol. The second kappa shape index (κ2) is 16.5. The zero-order valence-electron chi connectivity index (χ0n) is 22.5. The van der Waals surface area contributed by atoms with E-state index >= 15 is 0 Å². The molecule has 15 heteroatoms. The summed E-state index contributed by atoms with van der Waals surface area (Å²) in [5.74, 6) is -7.70. The minimum absolute atomic E-state index is 0. The van der Waals surface area contributed by atoms with Crippen molar-refractivity contribution in [2.24, 2.45) is 10.8 Å². The fraction of sp³-hybridized carbons (Fsp3) is 0.818. The second-order valence-electron chi connectivity index (χ2n) is 9.54. The third-order valence-corrected chi connectivity index (χ3v) is 3.93. The van der Waals surface area contributed by atoms with Crippen LogP contribution >= 0.6 is 0 Å². The standard InChI is InChI=1S/2C7H9F3O3.2C4H10O.Ti/c2*1-3-6(4(2)11,5(12)13)7(8,9)10;2*1-4(2,3)5;/h2*3H2,1-2H3,(H,12,13);2*5H,1-3H3;/q;;;;+2/p-2. The summed E-state index contributed by atoms with van der Waals surface area (Å²) < 4.78 is 73.4. The van der Waals surface area contributed by atoms with Crippen LogP contribution < -0.4 is 10.2 Å². The van der Waals surface area contributed by atoms with Crippen molar-refractivity contribution in [3.05, 3.63) is 0 Å². The van der Waals surface area contributed by atoms with E-state index in [1.807, 2.05) is 0 Å². The summed E-state index contributed by atoms with van der Waals surface area (Å²) in [5, 5.41) is 37.6. The molecule has 0 saturated carbocycles. The normalized spacial score (nSPS) is 14.8.